The summed E-state index contributed by atoms with van der Waals surface area (Å²) in [5.74, 6) is 0.446. The van der Waals surface area contributed by atoms with Gasteiger partial charge in [0.1, 0.15) is 10.6 Å². The van der Waals surface area contributed by atoms with E-state index in [0.29, 0.717) is 32.1 Å². The molecule has 0 aliphatic carbocycles. The molecule has 0 spiro atoms. The van der Waals surface area contributed by atoms with Crippen LogP contribution >= 0.6 is 22.9 Å². The maximum absolute atomic E-state index is 12.6. The average molecular weight is 431 g/mol. The van der Waals surface area contributed by atoms with Gasteiger partial charge in [0.05, 0.1) is 12.8 Å². The van der Waals surface area contributed by atoms with Crippen LogP contribution in [-0.4, -0.2) is 24.0 Å². The molecular weight excluding hydrogens is 412 g/mol. The number of anilines is 3. The van der Waals surface area contributed by atoms with E-state index in [4.69, 9.17) is 16.3 Å². The molecule has 0 saturated carbocycles. The van der Waals surface area contributed by atoms with Crippen molar-refractivity contribution < 1.29 is 14.3 Å². The van der Waals surface area contributed by atoms with Crippen molar-refractivity contribution in [2.24, 2.45) is 0 Å². The van der Waals surface area contributed by atoms with Crippen molar-refractivity contribution >= 4 is 51.4 Å². The van der Waals surface area contributed by atoms with Crippen LogP contribution in [0.25, 0.3) is 0 Å². The minimum absolute atomic E-state index is 0.298. The first-order valence-corrected chi connectivity index (χ1v) is 9.82. The predicted molar refractivity (Wildman–Crippen MR) is 117 cm³/mol. The molecule has 2 aromatic carbocycles. The lowest BCUT2D eigenvalue weighted by Gasteiger charge is -2.08. The minimum Gasteiger partial charge on any atom is -0.496 e. The third kappa shape index (κ3) is 5.24. The Kier molecular flexibility index (Phi) is 6.36. The number of hydrogen-bond donors (Lipinski definition) is 3. The molecule has 3 N–H and O–H groups in total. The Hall–Kier alpha value is -3.10. The number of aryl methyl sites for hydroxylation is 2. The molecule has 7 nitrogen and oxygen atoms in total. The number of nitrogens with one attached hydrogen (secondary N) is 3. The summed E-state index contributed by atoms with van der Waals surface area (Å²) in [6, 6.07) is 11.7. The molecule has 3 amide bonds. The van der Waals surface area contributed by atoms with Gasteiger partial charge in [-0.1, -0.05) is 29.0 Å². The fourth-order valence-electron chi connectivity index (χ4n) is 2.63. The van der Waals surface area contributed by atoms with Crippen molar-refractivity contribution in [1.82, 2.24) is 4.98 Å². The van der Waals surface area contributed by atoms with E-state index in [1.54, 1.807) is 50.4 Å². The normalized spacial score (nSPS) is 10.3. The zero-order valence-corrected chi connectivity index (χ0v) is 17.6. The number of benzene rings is 2. The average Bonchev–Trinajstić information content (AvgIpc) is 3.02. The Morgan fingerprint density at radius 3 is 2.48 bits per heavy atom. The van der Waals surface area contributed by atoms with Gasteiger partial charge in [0.25, 0.3) is 5.91 Å². The van der Waals surface area contributed by atoms with Crippen molar-refractivity contribution in [1.29, 1.82) is 0 Å². The molecule has 0 unspecified atom stereocenters. The summed E-state index contributed by atoms with van der Waals surface area (Å²) in [7, 11) is 1.60. The molecule has 1 aromatic heterocycles. The number of carbonyl (C=O) groups is 2. The molecule has 0 saturated heterocycles. The van der Waals surface area contributed by atoms with Gasteiger partial charge >= 0.3 is 6.03 Å². The highest BCUT2D eigenvalue weighted by Crippen LogP contribution is 2.26. The van der Waals surface area contributed by atoms with E-state index in [1.165, 1.54) is 0 Å². The number of ether oxygens (including phenoxy) is 1. The standard InChI is InChI=1S/C20H19ClN4O3S/c1-11-9-15(7-8-16(11)28-3)23-18(26)17-12(2)22-20(29-17)25-19(27)24-14-6-4-5-13(21)10-14/h4-10H,1-3H3,(H,23,26)(H2,22,24,25,27). The van der Waals surface area contributed by atoms with Crippen LogP contribution in [0.3, 0.4) is 0 Å². The number of halogens is 1. The smallest absolute Gasteiger partial charge is 0.325 e. The Morgan fingerprint density at radius 1 is 1.03 bits per heavy atom. The summed E-state index contributed by atoms with van der Waals surface area (Å²) in [6.45, 7) is 3.61. The Bertz CT molecular complexity index is 1070. The number of thiazole rings is 1. The number of urea groups is 1. The van der Waals surface area contributed by atoms with Crippen molar-refractivity contribution in [3.05, 3.63) is 63.6 Å². The van der Waals surface area contributed by atoms with Crippen LogP contribution < -0.4 is 20.7 Å². The summed E-state index contributed by atoms with van der Waals surface area (Å²) in [6.07, 6.45) is 0. The molecule has 1 heterocycles. The third-order valence-electron chi connectivity index (χ3n) is 3.96. The van der Waals surface area contributed by atoms with Gasteiger partial charge in [0, 0.05) is 16.4 Å². The lowest BCUT2D eigenvalue weighted by molar-refractivity contribution is 0.102. The number of aromatic nitrogens is 1. The fraction of sp³-hybridized carbons (Fsp3) is 0.150. The molecule has 150 valence electrons. The van der Waals surface area contributed by atoms with Gasteiger partial charge in [-0.15, -0.1) is 0 Å². The van der Waals surface area contributed by atoms with Crippen LogP contribution in [-0.2, 0) is 0 Å². The fourth-order valence-corrected chi connectivity index (χ4v) is 3.68. The molecule has 0 fully saturated rings. The first-order valence-electron chi connectivity index (χ1n) is 8.62. The van der Waals surface area contributed by atoms with E-state index < -0.39 is 6.03 Å². The van der Waals surface area contributed by atoms with E-state index >= 15 is 0 Å². The molecule has 3 rings (SSSR count). The topological polar surface area (TPSA) is 92.4 Å². The van der Waals surface area contributed by atoms with E-state index in [1.807, 2.05) is 13.0 Å². The Morgan fingerprint density at radius 2 is 1.79 bits per heavy atom. The first kappa shape index (κ1) is 20.6. The number of nitrogens with zero attached hydrogens (tertiary/aromatic N) is 1. The van der Waals surface area contributed by atoms with Crippen LogP contribution in [0.4, 0.5) is 21.3 Å². The highest BCUT2D eigenvalue weighted by atomic mass is 35.5. The summed E-state index contributed by atoms with van der Waals surface area (Å²) >= 11 is 7.00. The quantitative estimate of drug-likeness (QED) is 0.510. The molecule has 29 heavy (non-hydrogen) atoms. The lowest BCUT2D eigenvalue weighted by atomic mass is 10.2. The lowest BCUT2D eigenvalue weighted by Crippen LogP contribution is -2.19. The van der Waals surface area contributed by atoms with Gasteiger partial charge < -0.3 is 15.4 Å². The van der Waals surface area contributed by atoms with Gasteiger partial charge in [-0.25, -0.2) is 9.78 Å². The number of carbonyl (C=O) groups excluding carboxylic acids is 2. The molecule has 0 aliphatic heterocycles. The third-order valence-corrected chi connectivity index (χ3v) is 5.27. The maximum atomic E-state index is 12.6. The number of amides is 3. The number of rotatable bonds is 5. The van der Waals surface area contributed by atoms with E-state index in [9.17, 15) is 9.59 Å². The molecule has 0 aliphatic rings. The van der Waals surface area contributed by atoms with Crippen molar-refractivity contribution in [3.8, 4) is 5.75 Å². The van der Waals surface area contributed by atoms with E-state index in [2.05, 4.69) is 20.9 Å². The second kappa shape index (κ2) is 8.93. The van der Waals surface area contributed by atoms with Gasteiger partial charge in [-0.2, -0.15) is 0 Å². The van der Waals surface area contributed by atoms with Crippen LogP contribution in [0.1, 0.15) is 20.9 Å². The van der Waals surface area contributed by atoms with Crippen LogP contribution in [0, 0.1) is 13.8 Å². The predicted octanol–water partition coefficient (Wildman–Crippen LogP) is 5.32. The summed E-state index contributed by atoms with van der Waals surface area (Å²) in [5, 5.41) is 8.97. The molecule has 0 radical (unpaired) electrons. The summed E-state index contributed by atoms with van der Waals surface area (Å²) in [4.78, 5) is 29.4. The Balaban J connectivity index is 1.66. The zero-order valence-electron chi connectivity index (χ0n) is 16.0. The van der Waals surface area contributed by atoms with Crippen LogP contribution in [0.2, 0.25) is 5.02 Å². The molecule has 3 aromatic rings. The van der Waals surface area contributed by atoms with E-state index in [-0.39, 0.29) is 5.91 Å². The molecule has 9 heteroatoms. The summed E-state index contributed by atoms with van der Waals surface area (Å²) < 4.78 is 5.22. The highest BCUT2D eigenvalue weighted by molar-refractivity contribution is 7.17. The molecule has 0 atom stereocenters. The van der Waals surface area contributed by atoms with Crippen molar-refractivity contribution in [2.75, 3.05) is 23.1 Å². The van der Waals surface area contributed by atoms with Gasteiger partial charge in [0.15, 0.2) is 5.13 Å². The zero-order chi connectivity index (χ0) is 21.0. The number of hydrogen-bond acceptors (Lipinski definition) is 5. The van der Waals surface area contributed by atoms with Crippen molar-refractivity contribution in [3.63, 3.8) is 0 Å². The first-order chi connectivity index (χ1) is 13.9. The van der Waals surface area contributed by atoms with E-state index in [0.717, 1.165) is 22.6 Å². The van der Waals surface area contributed by atoms with Gasteiger partial charge in [0.2, 0.25) is 0 Å². The highest BCUT2D eigenvalue weighted by Gasteiger charge is 2.17. The largest absolute Gasteiger partial charge is 0.496 e. The van der Waals surface area contributed by atoms with Crippen molar-refractivity contribution in [2.45, 2.75) is 13.8 Å². The maximum Gasteiger partial charge on any atom is 0.325 e. The monoisotopic (exact) mass is 430 g/mol. The molecular formula is C20H19ClN4O3S. The van der Waals surface area contributed by atoms with Gasteiger partial charge in [-0.3, -0.25) is 10.1 Å². The molecule has 0 bridgehead atoms. The number of methoxy groups -OCH3 is 1. The summed E-state index contributed by atoms with van der Waals surface area (Å²) in [5.41, 5.74) is 2.63. The minimum atomic E-state index is -0.473. The SMILES string of the molecule is COc1ccc(NC(=O)c2sc(NC(=O)Nc3cccc(Cl)c3)nc2C)cc1C. The van der Waals surface area contributed by atoms with Crippen LogP contribution in [0.5, 0.6) is 5.75 Å². The van der Waals surface area contributed by atoms with Gasteiger partial charge in [-0.05, 0) is 55.8 Å². The second-order valence-electron chi connectivity index (χ2n) is 6.16. The second-order valence-corrected chi connectivity index (χ2v) is 7.60. The van der Waals surface area contributed by atoms with Crippen LogP contribution in [0.15, 0.2) is 42.5 Å². The Labute approximate surface area is 177 Å².